The number of ether oxygens (including phenoxy) is 2. The van der Waals surface area contributed by atoms with Gasteiger partial charge in [-0.05, 0) is 36.8 Å². The molecule has 0 fully saturated rings. The van der Waals surface area contributed by atoms with E-state index in [1.54, 1.807) is 18.9 Å². The summed E-state index contributed by atoms with van der Waals surface area (Å²) >= 11 is 0. The van der Waals surface area contributed by atoms with Crippen LogP contribution in [0.15, 0.2) is 30.5 Å². The summed E-state index contributed by atoms with van der Waals surface area (Å²) in [6.07, 6.45) is 1.99. The molecule has 3 aromatic rings. The summed E-state index contributed by atoms with van der Waals surface area (Å²) in [5.41, 5.74) is 4.87. The summed E-state index contributed by atoms with van der Waals surface area (Å²) in [4.78, 5) is 4.67. The number of pyridine rings is 1. The van der Waals surface area contributed by atoms with Gasteiger partial charge in [0.05, 0.1) is 19.4 Å². The minimum absolute atomic E-state index is 0.502. The Morgan fingerprint density at radius 1 is 1.18 bits per heavy atom. The molecule has 0 saturated carbocycles. The molecule has 3 rings (SSSR count). The zero-order valence-electron chi connectivity index (χ0n) is 13.3. The molecule has 2 heterocycles. The van der Waals surface area contributed by atoms with Crippen LogP contribution >= 0.6 is 0 Å². The Morgan fingerprint density at radius 2 is 2.00 bits per heavy atom. The first-order valence-corrected chi connectivity index (χ1v) is 7.09. The third-order valence-corrected chi connectivity index (χ3v) is 3.69. The molecule has 1 aromatic carbocycles. The summed E-state index contributed by atoms with van der Waals surface area (Å²) in [5, 5.41) is 5.49. The molecular formula is C17H19N3O2. The van der Waals surface area contributed by atoms with Gasteiger partial charge in [0.1, 0.15) is 5.75 Å². The average molecular weight is 297 g/mol. The minimum atomic E-state index is 0.502. The highest BCUT2D eigenvalue weighted by Gasteiger charge is 2.10. The fraction of sp³-hybridized carbons (Fsp3) is 0.294. The number of aromatic nitrogens is 3. The Hall–Kier alpha value is -2.40. The van der Waals surface area contributed by atoms with Crippen molar-refractivity contribution in [2.24, 2.45) is 7.05 Å². The lowest BCUT2D eigenvalue weighted by atomic mass is 10.0. The highest BCUT2D eigenvalue weighted by atomic mass is 16.5. The van der Waals surface area contributed by atoms with E-state index in [-0.39, 0.29) is 0 Å². The zero-order valence-corrected chi connectivity index (χ0v) is 13.3. The number of benzene rings is 1. The van der Waals surface area contributed by atoms with Gasteiger partial charge in [0, 0.05) is 36.9 Å². The Balaban J connectivity index is 2.12. The summed E-state index contributed by atoms with van der Waals surface area (Å²) < 4.78 is 12.4. The normalized spacial score (nSPS) is 11.1. The maximum absolute atomic E-state index is 5.37. The molecule has 0 radical (unpaired) electrons. The number of fused-ring (bicyclic) bond motifs is 1. The van der Waals surface area contributed by atoms with Gasteiger partial charge in [-0.2, -0.15) is 5.10 Å². The van der Waals surface area contributed by atoms with Gasteiger partial charge in [0.15, 0.2) is 5.65 Å². The first-order chi connectivity index (χ1) is 10.6. The predicted molar refractivity (Wildman–Crippen MR) is 85.9 cm³/mol. The highest BCUT2D eigenvalue weighted by molar-refractivity contribution is 5.81. The van der Waals surface area contributed by atoms with Crippen LogP contribution in [0.25, 0.3) is 22.3 Å². The topological polar surface area (TPSA) is 49.2 Å². The molecule has 0 aliphatic rings. The molecule has 22 heavy (non-hydrogen) atoms. The molecule has 2 aromatic heterocycles. The van der Waals surface area contributed by atoms with Crippen molar-refractivity contribution in [3.63, 3.8) is 0 Å². The van der Waals surface area contributed by atoms with Crippen molar-refractivity contribution in [3.05, 3.63) is 41.6 Å². The van der Waals surface area contributed by atoms with Crippen molar-refractivity contribution < 1.29 is 9.47 Å². The van der Waals surface area contributed by atoms with Crippen molar-refractivity contribution >= 4 is 11.0 Å². The summed E-state index contributed by atoms with van der Waals surface area (Å²) in [6, 6.07) is 8.10. The molecule has 0 saturated heterocycles. The van der Waals surface area contributed by atoms with Gasteiger partial charge < -0.3 is 9.47 Å². The lowest BCUT2D eigenvalue weighted by Crippen LogP contribution is -1.96. The number of hydrogen-bond acceptors (Lipinski definition) is 4. The smallest absolute Gasteiger partial charge is 0.181 e. The number of nitrogens with zero attached hydrogens (tertiary/aromatic N) is 3. The summed E-state index contributed by atoms with van der Waals surface area (Å²) in [5.74, 6) is 0.821. The molecule has 5 heteroatoms. The first-order valence-electron chi connectivity index (χ1n) is 7.09. The van der Waals surface area contributed by atoms with Crippen LogP contribution in [0, 0.1) is 6.92 Å². The number of methoxy groups -OCH3 is 2. The van der Waals surface area contributed by atoms with Crippen LogP contribution < -0.4 is 4.74 Å². The number of hydrogen-bond donors (Lipinski definition) is 0. The van der Waals surface area contributed by atoms with E-state index < -0.39 is 0 Å². The standard InChI is InChI=1S/C17H19N3O2/c1-11-7-15(18-17-14(11)9-20(2)19-17)12-5-6-16(22-4)13(8-12)10-21-3/h5-9H,10H2,1-4H3. The van der Waals surface area contributed by atoms with E-state index in [9.17, 15) is 0 Å². The van der Waals surface area contributed by atoms with E-state index in [1.165, 1.54) is 0 Å². The molecule has 0 bridgehead atoms. The van der Waals surface area contributed by atoms with Crippen molar-refractivity contribution in [2.75, 3.05) is 14.2 Å². The van der Waals surface area contributed by atoms with E-state index >= 15 is 0 Å². The van der Waals surface area contributed by atoms with Gasteiger partial charge >= 0.3 is 0 Å². The summed E-state index contributed by atoms with van der Waals surface area (Å²) in [7, 11) is 5.25. The van der Waals surface area contributed by atoms with E-state index in [1.807, 2.05) is 25.4 Å². The van der Waals surface area contributed by atoms with Gasteiger partial charge in [-0.3, -0.25) is 4.68 Å². The summed E-state index contributed by atoms with van der Waals surface area (Å²) in [6.45, 7) is 2.58. The SMILES string of the molecule is COCc1cc(-c2cc(C)c3cn(C)nc3n2)ccc1OC. The molecule has 0 spiro atoms. The second-order valence-corrected chi connectivity index (χ2v) is 5.32. The van der Waals surface area contributed by atoms with Crippen LogP contribution in [0.3, 0.4) is 0 Å². The maximum Gasteiger partial charge on any atom is 0.181 e. The van der Waals surface area contributed by atoms with E-state index in [4.69, 9.17) is 9.47 Å². The second kappa shape index (κ2) is 5.77. The molecule has 0 aliphatic heterocycles. The number of rotatable bonds is 4. The fourth-order valence-electron chi connectivity index (χ4n) is 2.62. The molecule has 5 nitrogen and oxygen atoms in total. The fourth-order valence-corrected chi connectivity index (χ4v) is 2.62. The zero-order chi connectivity index (χ0) is 15.7. The minimum Gasteiger partial charge on any atom is -0.496 e. The third kappa shape index (κ3) is 2.55. The lowest BCUT2D eigenvalue weighted by molar-refractivity contribution is 0.181. The monoisotopic (exact) mass is 297 g/mol. The quantitative estimate of drug-likeness (QED) is 0.742. The average Bonchev–Trinajstić information content (AvgIpc) is 2.88. The molecule has 0 aliphatic carbocycles. The van der Waals surface area contributed by atoms with Crippen molar-refractivity contribution in [1.29, 1.82) is 0 Å². The maximum atomic E-state index is 5.37. The molecule has 0 atom stereocenters. The van der Waals surface area contributed by atoms with Crippen LogP contribution in [-0.2, 0) is 18.4 Å². The third-order valence-electron chi connectivity index (χ3n) is 3.69. The van der Waals surface area contributed by atoms with Crippen LogP contribution in [0.4, 0.5) is 0 Å². The Kier molecular flexibility index (Phi) is 3.81. The van der Waals surface area contributed by atoms with E-state index in [2.05, 4.69) is 29.1 Å². The van der Waals surface area contributed by atoms with Crippen molar-refractivity contribution in [3.8, 4) is 17.0 Å². The van der Waals surface area contributed by atoms with E-state index in [0.717, 1.165) is 39.2 Å². The second-order valence-electron chi connectivity index (χ2n) is 5.32. The van der Waals surface area contributed by atoms with Gasteiger partial charge in [0.2, 0.25) is 0 Å². The molecule has 0 unspecified atom stereocenters. The van der Waals surface area contributed by atoms with E-state index in [0.29, 0.717) is 6.61 Å². The molecular weight excluding hydrogens is 278 g/mol. The van der Waals surface area contributed by atoms with Crippen molar-refractivity contribution in [1.82, 2.24) is 14.8 Å². The predicted octanol–water partition coefficient (Wildman–Crippen LogP) is 3.10. The molecule has 114 valence electrons. The molecule has 0 N–H and O–H groups in total. The van der Waals surface area contributed by atoms with Gasteiger partial charge in [-0.1, -0.05) is 0 Å². The Labute approximate surface area is 129 Å². The largest absolute Gasteiger partial charge is 0.496 e. The first kappa shape index (κ1) is 14.5. The Morgan fingerprint density at radius 3 is 2.73 bits per heavy atom. The highest BCUT2D eigenvalue weighted by Crippen LogP contribution is 2.28. The lowest BCUT2D eigenvalue weighted by Gasteiger charge is -2.10. The Bertz CT molecular complexity index is 824. The van der Waals surface area contributed by atoms with Gasteiger partial charge in [-0.25, -0.2) is 4.98 Å². The van der Waals surface area contributed by atoms with Crippen LogP contribution in [0.2, 0.25) is 0 Å². The number of aryl methyl sites for hydroxylation is 2. The van der Waals surface area contributed by atoms with Crippen LogP contribution in [0.1, 0.15) is 11.1 Å². The van der Waals surface area contributed by atoms with Crippen LogP contribution in [0.5, 0.6) is 5.75 Å². The van der Waals surface area contributed by atoms with Crippen LogP contribution in [-0.4, -0.2) is 29.0 Å². The van der Waals surface area contributed by atoms with Crippen molar-refractivity contribution in [2.45, 2.75) is 13.5 Å². The van der Waals surface area contributed by atoms with Gasteiger partial charge in [0.25, 0.3) is 0 Å². The molecule has 0 amide bonds. The van der Waals surface area contributed by atoms with Gasteiger partial charge in [-0.15, -0.1) is 0 Å².